The van der Waals surface area contributed by atoms with Gasteiger partial charge in [0, 0.05) is 6.61 Å². The second kappa shape index (κ2) is 9.48. The molecular formula is C17H24O3. The Hall–Kier alpha value is -1.42. The minimum atomic E-state index is -0.558. The van der Waals surface area contributed by atoms with Crippen molar-refractivity contribution in [1.82, 2.24) is 0 Å². The number of hydrogen-bond donors (Lipinski definition) is 3. The Kier molecular flexibility index (Phi) is 7.88. The van der Waals surface area contributed by atoms with E-state index in [4.69, 9.17) is 5.11 Å². The Morgan fingerprint density at radius 2 is 1.75 bits per heavy atom. The van der Waals surface area contributed by atoms with Gasteiger partial charge in [0.1, 0.15) is 0 Å². The number of aliphatic hydroxyl groups is 3. The van der Waals surface area contributed by atoms with Crippen molar-refractivity contribution in [2.75, 3.05) is 6.61 Å². The number of allylic oxidation sites excluding steroid dienone is 1. The maximum atomic E-state index is 9.97. The first-order valence-corrected chi connectivity index (χ1v) is 7.01. The largest absolute Gasteiger partial charge is 0.396 e. The van der Waals surface area contributed by atoms with E-state index in [-0.39, 0.29) is 6.61 Å². The van der Waals surface area contributed by atoms with E-state index in [2.05, 4.69) is 0 Å². The summed E-state index contributed by atoms with van der Waals surface area (Å²) in [6.45, 7) is 1.91. The van der Waals surface area contributed by atoms with Gasteiger partial charge in [-0.15, -0.1) is 0 Å². The Morgan fingerprint density at radius 1 is 1.10 bits per heavy atom. The van der Waals surface area contributed by atoms with Crippen molar-refractivity contribution in [2.24, 2.45) is 0 Å². The molecule has 3 N–H and O–H groups in total. The van der Waals surface area contributed by atoms with Crippen LogP contribution in [0.25, 0.3) is 0 Å². The van der Waals surface area contributed by atoms with E-state index in [1.165, 1.54) is 0 Å². The number of aliphatic hydroxyl groups excluding tert-OH is 3. The van der Waals surface area contributed by atoms with Crippen molar-refractivity contribution in [3.05, 3.63) is 59.7 Å². The summed E-state index contributed by atoms with van der Waals surface area (Å²) >= 11 is 0. The van der Waals surface area contributed by atoms with Crippen LogP contribution in [-0.2, 0) is 0 Å². The predicted molar refractivity (Wildman–Crippen MR) is 81.2 cm³/mol. The predicted octanol–water partition coefficient (Wildman–Crippen LogP) is 2.75. The molecule has 0 bridgehead atoms. The van der Waals surface area contributed by atoms with Crippen LogP contribution in [0.5, 0.6) is 0 Å². The van der Waals surface area contributed by atoms with Crippen LogP contribution in [0.2, 0.25) is 0 Å². The van der Waals surface area contributed by atoms with Crippen molar-refractivity contribution < 1.29 is 15.3 Å². The van der Waals surface area contributed by atoms with Gasteiger partial charge in [-0.25, -0.2) is 0 Å². The minimum absolute atomic E-state index is 0.0488. The maximum absolute atomic E-state index is 9.97. The van der Waals surface area contributed by atoms with Crippen LogP contribution in [0.4, 0.5) is 0 Å². The van der Waals surface area contributed by atoms with Gasteiger partial charge in [-0.05, 0) is 37.3 Å². The minimum Gasteiger partial charge on any atom is -0.396 e. The molecule has 0 aliphatic rings. The van der Waals surface area contributed by atoms with Gasteiger partial charge in [-0.2, -0.15) is 0 Å². The smallest absolute Gasteiger partial charge is 0.0824 e. The average molecular weight is 276 g/mol. The normalized spacial score (nSPS) is 15.5. The molecular weight excluding hydrogens is 252 g/mol. The fourth-order valence-corrected chi connectivity index (χ4v) is 2.05. The summed E-state index contributed by atoms with van der Waals surface area (Å²) < 4.78 is 0. The van der Waals surface area contributed by atoms with Crippen LogP contribution in [0.15, 0.2) is 54.1 Å². The van der Waals surface area contributed by atoms with Crippen LogP contribution in [0.1, 0.15) is 37.9 Å². The molecule has 1 aromatic carbocycles. The highest BCUT2D eigenvalue weighted by Crippen LogP contribution is 2.17. The lowest BCUT2D eigenvalue weighted by molar-refractivity contribution is 0.180. The highest BCUT2D eigenvalue weighted by atomic mass is 16.3. The zero-order valence-electron chi connectivity index (χ0n) is 11.9. The van der Waals surface area contributed by atoms with Crippen LogP contribution in [0.3, 0.4) is 0 Å². The second-order valence-electron chi connectivity index (χ2n) is 4.72. The summed E-state index contributed by atoms with van der Waals surface area (Å²) in [5.74, 6) is 0. The Balaban J connectivity index is 2.38. The molecule has 0 aliphatic heterocycles. The number of benzene rings is 1. The van der Waals surface area contributed by atoms with Gasteiger partial charge in [-0.1, -0.05) is 48.6 Å². The standard InChI is InChI=1S/C17H24O3/c1-2-14(12-13-18)16(19)10-6-7-11-17(20)15-8-4-3-5-9-15/h2-9,16-20H,10-13H2,1H3/b7-6+,14-2-. The summed E-state index contributed by atoms with van der Waals surface area (Å²) in [4.78, 5) is 0. The molecule has 0 saturated carbocycles. The maximum Gasteiger partial charge on any atom is 0.0824 e. The molecule has 3 nitrogen and oxygen atoms in total. The summed E-state index contributed by atoms with van der Waals surface area (Å²) in [7, 11) is 0. The lowest BCUT2D eigenvalue weighted by Crippen LogP contribution is -2.10. The monoisotopic (exact) mass is 276 g/mol. The van der Waals surface area contributed by atoms with E-state index >= 15 is 0 Å². The third-order valence-corrected chi connectivity index (χ3v) is 3.27. The Labute approximate surface area is 120 Å². The van der Waals surface area contributed by atoms with E-state index < -0.39 is 12.2 Å². The van der Waals surface area contributed by atoms with E-state index in [1.54, 1.807) is 0 Å². The van der Waals surface area contributed by atoms with Gasteiger partial charge in [0.15, 0.2) is 0 Å². The van der Waals surface area contributed by atoms with Crippen LogP contribution in [0, 0.1) is 0 Å². The molecule has 2 unspecified atom stereocenters. The van der Waals surface area contributed by atoms with Gasteiger partial charge in [0.05, 0.1) is 12.2 Å². The van der Waals surface area contributed by atoms with Gasteiger partial charge in [0.25, 0.3) is 0 Å². The summed E-state index contributed by atoms with van der Waals surface area (Å²) in [6, 6.07) is 9.51. The Bertz CT molecular complexity index is 423. The zero-order valence-corrected chi connectivity index (χ0v) is 11.9. The molecule has 0 saturated heterocycles. The van der Waals surface area contributed by atoms with Crippen LogP contribution >= 0.6 is 0 Å². The van der Waals surface area contributed by atoms with Crippen molar-refractivity contribution >= 4 is 0 Å². The summed E-state index contributed by atoms with van der Waals surface area (Å²) in [5, 5.41) is 28.8. The zero-order chi connectivity index (χ0) is 14.8. The van der Waals surface area contributed by atoms with Crippen LogP contribution < -0.4 is 0 Å². The first kappa shape index (κ1) is 16.6. The summed E-state index contributed by atoms with van der Waals surface area (Å²) in [5.41, 5.74) is 1.74. The van der Waals surface area contributed by atoms with E-state index in [0.717, 1.165) is 11.1 Å². The summed E-state index contributed by atoms with van der Waals surface area (Å²) in [6.07, 6.45) is 6.06. The van der Waals surface area contributed by atoms with E-state index in [9.17, 15) is 10.2 Å². The molecule has 110 valence electrons. The molecule has 1 rings (SSSR count). The molecule has 0 fully saturated rings. The van der Waals surface area contributed by atoms with Gasteiger partial charge >= 0.3 is 0 Å². The molecule has 20 heavy (non-hydrogen) atoms. The average Bonchev–Trinajstić information content (AvgIpc) is 2.49. The lowest BCUT2D eigenvalue weighted by Gasteiger charge is -2.12. The fraction of sp³-hybridized carbons (Fsp3) is 0.412. The first-order valence-electron chi connectivity index (χ1n) is 7.01. The molecule has 0 aliphatic carbocycles. The fourth-order valence-electron chi connectivity index (χ4n) is 2.05. The SMILES string of the molecule is C/C=C(/CCO)C(O)C/C=C/CC(O)c1ccccc1. The topological polar surface area (TPSA) is 60.7 Å². The third-order valence-electron chi connectivity index (χ3n) is 3.27. The highest BCUT2D eigenvalue weighted by molar-refractivity contribution is 5.18. The molecule has 0 radical (unpaired) electrons. The third kappa shape index (κ3) is 5.70. The van der Waals surface area contributed by atoms with Gasteiger partial charge < -0.3 is 15.3 Å². The molecule has 0 aromatic heterocycles. The quantitative estimate of drug-likeness (QED) is 0.640. The van der Waals surface area contributed by atoms with Crippen LogP contribution in [-0.4, -0.2) is 28.0 Å². The van der Waals surface area contributed by atoms with Crippen molar-refractivity contribution in [3.63, 3.8) is 0 Å². The molecule has 0 heterocycles. The Morgan fingerprint density at radius 3 is 2.35 bits per heavy atom. The first-order chi connectivity index (χ1) is 9.69. The van der Waals surface area contributed by atoms with Crippen molar-refractivity contribution in [1.29, 1.82) is 0 Å². The molecule has 0 amide bonds. The van der Waals surface area contributed by atoms with Crippen molar-refractivity contribution in [2.45, 2.75) is 38.4 Å². The van der Waals surface area contributed by atoms with Crippen molar-refractivity contribution in [3.8, 4) is 0 Å². The number of hydrogen-bond acceptors (Lipinski definition) is 3. The molecule has 2 atom stereocenters. The van der Waals surface area contributed by atoms with E-state index in [1.807, 2.05) is 55.5 Å². The highest BCUT2D eigenvalue weighted by Gasteiger charge is 2.08. The van der Waals surface area contributed by atoms with Gasteiger partial charge in [0.2, 0.25) is 0 Å². The number of rotatable bonds is 8. The molecule has 1 aromatic rings. The lowest BCUT2D eigenvalue weighted by atomic mass is 10.0. The molecule has 3 heteroatoms. The molecule has 0 spiro atoms. The van der Waals surface area contributed by atoms with E-state index in [0.29, 0.717) is 19.3 Å². The second-order valence-corrected chi connectivity index (χ2v) is 4.72. The van der Waals surface area contributed by atoms with Gasteiger partial charge in [-0.3, -0.25) is 0 Å².